The van der Waals surface area contributed by atoms with E-state index in [1.165, 1.54) is 6.07 Å². The van der Waals surface area contributed by atoms with Gasteiger partial charge >= 0.3 is 6.18 Å². The van der Waals surface area contributed by atoms with Gasteiger partial charge in [0.05, 0.1) is 22.6 Å². The van der Waals surface area contributed by atoms with Crippen LogP contribution in [-0.2, 0) is 12.7 Å². The van der Waals surface area contributed by atoms with Gasteiger partial charge in [-0.2, -0.15) is 13.2 Å². The van der Waals surface area contributed by atoms with Crippen LogP contribution < -0.4 is 10.2 Å². The van der Waals surface area contributed by atoms with Gasteiger partial charge < -0.3 is 14.7 Å². The number of aryl methyl sites for hydroxylation is 2. The summed E-state index contributed by atoms with van der Waals surface area (Å²) in [6, 6.07) is 3.89. The first-order valence-electron chi connectivity index (χ1n) is 7.98. The van der Waals surface area contributed by atoms with Gasteiger partial charge in [-0.15, -0.1) is 0 Å². The van der Waals surface area contributed by atoms with Crippen LogP contribution in [0.1, 0.15) is 35.4 Å². The fourth-order valence-corrected chi connectivity index (χ4v) is 3.03. The number of hydrogen-bond acceptors (Lipinski definition) is 4. The molecule has 2 aromatic rings. The molecule has 1 aromatic heterocycles. The molecule has 1 aromatic carbocycles. The number of nitrogens with one attached hydrogen (secondary N) is 1. The summed E-state index contributed by atoms with van der Waals surface area (Å²) >= 11 is 0. The molecule has 0 unspecified atom stereocenters. The van der Waals surface area contributed by atoms with Crippen LogP contribution in [0.15, 0.2) is 22.7 Å². The number of hydrogen-bond donors (Lipinski definition) is 1. The Morgan fingerprint density at radius 3 is 2.50 bits per heavy atom. The van der Waals surface area contributed by atoms with Gasteiger partial charge in [0.15, 0.2) is 0 Å². The molecule has 130 valence electrons. The van der Waals surface area contributed by atoms with Crippen molar-refractivity contribution in [3.63, 3.8) is 0 Å². The van der Waals surface area contributed by atoms with Gasteiger partial charge in [-0.25, -0.2) is 0 Å². The summed E-state index contributed by atoms with van der Waals surface area (Å²) in [4.78, 5) is 2.12. The van der Waals surface area contributed by atoms with E-state index in [9.17, 15) is 13.2 Å². The highest BCUT2D eigenvalue weighted by molar-refractivity contribution is 5.71. The maximum Gasteiger partial charge on any atom is 0.416 e. The second kappa shape index (κ2) is 6.37. The van der Waals surface area contributed by atoms with Gasteiger partial charge in [-0.3, -0.25) is 0 Å². The van der Waals surface area contributed by atoms with E-state index in [-0.39, 0.29) is 0 Å². The van der Waals surface area contributed by atoms with Gasteiger partial charge in [0.25, 0.3) is 0 Å². The minimum absolute atomic E-state index is 0.378. The third kappa shape index (κ3) is 3.34. The topological polar surface area (TPSA) is 41.3 Å². The first-order valence-corrected chi connectivity index (χ1v) is 7.98. The van der Waals surface area contributed by atoms with Crippen molar-refractivity contribution >= 4 is 11.4 Å². The Labute approximate surface area is 138 Å². The third-order valence-electron chi connectivity index (χ3n) is 4.41. The maximum atomic E-state index is 13.1. The van der Waals surface area contributed by atoms with E-state index in [2.05, 4.69) is 15.4 Å². The third-order valence-corrected chi connectivity index (χ3v) is 4.41. The molecule has 1 aliphatic rings. The number of benzene rings is 1. The number of halogens is 3. The Kier molecular flexibility index (Phi) is 4.43. The lowest BCUT2D eigenvalue weighted by Gasteiger charge is -2.23. The monoisotopic (exact) mass is 339 g/mol. The van der Waals surface area contributed by atoms with Crippen molar-refractivity contribution in [2.75, 3.05) is 23.3 Å². The number of nitrogens with zero attached hydrogens (tertiary/aromatic N) is 2. The molecule has 2 heterocycles. The summed E-state index contributed by atoms with van der Waals surface area (Å²) in [5.74, 6) is 0.676. The maximum absolute atomic E-state index is 13.1. The number of anilines is 2. The van der Waals surface area contributed by atoms with E-state index >= 15 is 0 Å². The summed E-state index contributed by atoms with van der Waals surface area (Å²) in [5.41, 5.74) is 2.28. The molecule has 1 saturated heterocycles. The molecule has 1 N–H and O–H groups in total. The molecule has 24 heavy (non-hydrogen) atoms. The normalized spacial score (nSPS) is 15.1. The van der Waals surface area contributed by atoms with Gasteiger partial charge in [0.1, 0.15) is 5.76 Å². The van der Waals surface area contributed by atoms with Crippen molar-refractivity contribution in [3.8, 4) is 0 Å². The zero-order chi connectivity index (χ0) is 17.3. The first kappa shape index (κ1) is 16.7. The Bertz CT molecular complexity index is 699. The highest BCUT2D eigenvalue weighted by Gasteiger charge is 2.31. The van der Waals surface area contributed by atoms with Crippen molar-refractivity contribution in [2.45, 2.75) is 39.4 Å². The summed E-state index contributed by atoms with van der Waals surface area (Å²) in [6.45, 7) is 5.73. The quantitative estimate of drug-likeness (QED) is 0.889. The minimum atomic E-state index is -4.36. The van der Waals surface area contributed by atoms with Crippen LogP contribution in [-0.4, -0.2) is 18.2 Å². The van der Waals surface area contributed by atoms with Crippen LogP contribution in [0.3, 0.4) is 0 Å². The molecule has 0 aliphatic carbocycles. The van der Waals surface area contributed by atoms with Crippen LogP contribution in [0, 0.1) is 13.8 Å². The van der Waals surface area contributed by atoms with Gasteiger partial charge in [-0.05, 0) is 44.9 Å². The fraction of sp³-hybridized carbons (Fsp3) is 0.471. The zero-order valence-electron chi connectivity index (χ0n) is 13.7. The Morgan fingerprint density at radius 1 is 1.21 bits per heavy atom. The van der Waals surface area contributed by atoms with Crippen molar-refractivity contribution in [3.05, 3.63) is 40.8 Å². The molecule has 0 radical (unpaired) electrons. The van der Waals surface area contributed by atoms with Crippen molar-refractivity contribution in [1.82, 2.24) is 5.16 Å². The molecule has 1 fully saturated rings. The lowest BCUT2D eigenvalue weighted by molar-refractivity contribution is -0.137. The predicted molar refractivity (Wildman–Crippen MR) is 86.2 cm³/mol. The summed E-state index contributed by atoms with van der Waals surface area (Å²) in [7, 11) is 0. The molecule has 0 atom stereocenters. The van der Waals surface area contributed by atoms with E-state index < -0.39 is 11.7 Å². The predicted octanol–water partition coefficient (Wildman–Crippen LogP) is 4.52. The molecular weight excluding hydrogens is 319 g/mol. The first-order chi connectivity index (χ1) is 11.4. The Hall–Kier alpha value is -2.18. The highest BCUT2D eigenvalue weighted by atomic mass is 19.4. The van der Waals surface area contributed by atoms with Gasteiger partial charge in [0.2, 0.25) is 0 Å². The minimum Gasteiger partial charge on any atom is -0.379 e. The van der Waals surface area contributed by atoms with E-state index in [4.69, 9.17) is 4.52 Å². The average Bonchev–Trinajstić information content (AvgIpc) is 3.15. The van der Waals surface area contributed by atoms with Crippen LogP contribution in [0.4, 0.5) is 24.5 Å². The van der Waals surface area contributed by atoms with Crippen molar-refractivity contribution < 1.29 is 17.7 Å². The highest BCUT2D eigenvalue weighted by Crippen LogP contribution is 2.36. The summed E-state index contributed by atoms with van der Waals surface area (Å²) in [5, 5.41) is 7.02. The van der Waals surface area contributed by atoms with E-state index in [1.54, 1.807) is 13.0 Å². The standard InChI is InChI=1S/C17H20F3N3O/c1-11-14(12(2)24-22-11)10-21-15-9-13(17(18,19)20)5-6-16(15)23-7-3-4-8-23/h5-6,9,21H,3-4,7-8,10H2,1-2H3. The lowest BCUT2D eigenvalue weighted by Crippen LogP contribution is -2.20. The molecule has 0 saturated carbocycles. The zero-order valence-corrected chi connectivity index (χ0v) is 13.7. The molecule has 0 amide bonds. The van der Waals surface area contributed by atoms with Gasteiger partial charge in [0, 0.05) is 25.2 Å². The second-order valence-corrected chi connectivity index (χ2v) is 6.08. The smallest absolute Gasteiger partial charge is 0.379 e. The number of aromatic nitrogens is 1. The van der Waals surface area contributed by atoms with E-state index in [1.807, 2.05) is 6.92 Å². The van der Waals surface area contributed by atoms with Crippen LogP contribution in [0.25, 0.3) is 0 Å². The van der Waals surface area contributed by atoms with Crippen LogP contribution >= 0.6 is 0 Å². The molecule has 7 heteroatoms. The fourth-order valence-electron chi connectivity index (χ4n) is 3.03. The second-order valence-electron chi connectivity index (χ2n) is 6.08. The molecular formula is C17H20F3N3O. The van der Waals surface area contributed by atoms with Crippen LogP contribution in [0.5, 0.6) is 0 Å². The summed E-state index contributed by atoms with van der Waals surface area (Å²) in [6.07, 6.45) is -2.24. The number of alkyl halides is 3. The molecule has 4 nitrogen and oxygen atoms in total. The molecule has 0 bridgehead atoms. The van der Waals surface area contributed by atoms with Crippen LogP contribution in [0.2, 0.25) is 0 Å². The average molecular weight is 339 g/mol. The lowest BCUT2D eigenvalue weighted by atomic mass is 10.1. The largest absolute Gasteiger partial charge is 0.416 e. The SMILES string of the molecule is Cc1noc(C)c1CNc1cc(C(F)(F)F)ccc1N1CCCC1. The Balaban J connectivity index is 1.90. The Morgan fingerprint density at radius 2 is 1.92 bits per heavy atom. The van der Waals surface area contributed by atoms with E-state index in [0.29, 0.717) is 18.0 Å². The molecule has 1 aliphatic heterocycles. The molecule has 0 spiro atoms. The molecule has 3 rings (SSSR count). The van der Waals surface area contributed by atoms with E-state index in [0.717, 1.165) is 48.9 Å². The number of rotatable bonds is 4. The van der Waals surface area contributed by atoms with Crippen molar-refractivity contribution in [1.29, 1.82) is 0 Å². The van der Waals surface area contributed by atoms with Crippen molar-refractivity contribution in [2.24, 2.45) is 0 Å². The van der Waals surface area contributed by atoms with Gasteiger partial charge in [-0.1, -0.05) is 5.16 Å². The summed E-state index contributed by atoms with van der Waals surface area (Å²) < 4.78 is 44.3.